The van der Waals surface area contributed by atoms with Crippen LogP contribution in [-0.4, -0.2) is 18.5 Å². The first-order valence-corrected chi connectivity index (χ1v) is 8.05. The van der Waals surface area contributed by atoms with Crippen LogP contribution in [0.25, 0.3) is 0 Å². The Morgan fingerprint density at radius 1 is 1.33 bits per heavy atom. The minimum absolute atomic E-state index is 0.00109. The SMILES string of the molecule is CCNCc1cccc(NC(=O)C2C3CCC(C3)C2N)c1. The molecule has 1 aromatic carbocycles. The van der Waals surface area contributed by atoms with Crippen LogP contribution in [0.3, 0.4) is 0 Å². The van der Waals surface area contributed by atoms with Crippen molar-refractivity contribution in [3.63, 3.8) is 0 Å². The third kappa shape index (κ3) is 2.97. The molecule has 4 atom stereocenters. The van der Waals surface area contributed by atoms with Crippen LogP contribution in [0.2, 0.25) is 0 Å². The number of amides is 1. The topological polar surface area (TPSA) is 67.1 Å². The number of nitrogens with two attached hydrogens (primary N) is 1. The predicted octanol–water partition coefficient (Wildman–Crippen LogP) is 2.11. The van der Waals surface area contributed by atoms with E-state index in [1.165, 1.54) is 12.0 Å². The minimum atomic E-state index is 0.00109. The Bertz CT molecular complexity index is 515. The molecule has 0 heterocycles. The largest absolute Gasteiger partial charge is 0.327 e. The number of anilines is 1. The Morgan fingerprint density at radius 2 is 2.14 bits per heavy atom. The summed E-state index contributed by atoms with van der Waals surface area (Å²) in [5.74, 6) is 1.16. The van der Waals surface area contributed by atoms with Gasteiger partial charge < -0.3 is 16.4 Å². The van der Waals surface area contributed by atoms with E-state index >= 15 is 0 Å². The summed E-state index contributed by atoms with van der Waals surface area (Å²) in [7, 11) is 0. The van der Waals surface area contributed by atoms with Gasteiger partial charge in [0.2, 0.25) is 5.91 Å². The molecule has 2 saturated carbocycles. The van der Waals surface area contributed by atoms with E-state index < -0.39 is 0 Å². The summed E-state index contributed by atoms with van der Waals surface area (Å²) in [6.07, 6.45) is 3.50. The molecule has 2 fully saturated rings. The average Bonchev–Trinajstić information content (AvgIpc) is 3.06. The van der Waals surface area contributed by atoms with E-state index in [0.29, 0.717) is 11.8 Å². The maximum Gasteiger partial charge on any atom is 0.229 e. The van der Waals surface area contributed by atoms with Crippen LogP contribution in [0, 0.1) is 17.8 Å². The lowest BCUT2D eigenvalue weighted by atomic mass is 9.84. The lowest BCUT2D eigenvalue weighted by molar-refractivity contribution is -0.121. The summed E-state index contributed by atoms with van der Waals surface area (Å²) in [4.78, 5) is 12.5. The second-order valence-corrected chi connectivity index (χ2v) is 6.41. The summed E-state index contributed by atoms with van der Waals surface area (Å²) < 4.78 is 0. The van der Waals surface area contributed by atoms with Gasteiger partial charge in [0, 0.05) is 18.3 Å². The average molecular weight is 287 g/mol. The maximum atomic E-state index is 12.5. The van der Waals surface area contributed by atoms with Crippen LogP contribution in [0.5, 0.6) is 0 Å². The third-order valence-electron chi connectivity index (χ3n) is 5.06. The van der Waals surface area contributed by atoms with Crippen LogP contribution in [0.4, 0.5) is 5.69 Å². The molecule has 0 aromatic heterocycles. The van der Waals surface area contributed by atoms with Crippen LogP contribution in [0.15, 0.2) is 24.3 Å². The Labute approximate surface area is 126 Å². The highest BCUT2D eigenvalue weighted by Gasteiger charge is 2.49. The van der Waals surface area contributed by atoms with Crippen LogP contribution >= 0.6 is 0 Å². The molecule has 0 radical (unpaired) electrons. The minimum Gasteiger partial charge on any atom is -0.327 e. The molecule has 4 heteroatoms. The number of fused-ring (bicyclic) bond motifs is 2. The van der Waals surface area contributed by atoms with E-state index in [-0.39, 0.29) is 17.9 Å². The van der Waals surface area contributed by atoms with Crippen molar-refractivity contribution in [2.24, 2.45) is 23.5 Å². The number of hydrogen-bond donors (Lipinski definition) is 3. The molecule has 1 amide bonds. The first kappa shape index (κ1) is 14.5. The maximum absolute atomic E-state index is 12.5. The van der Waals surface area contributed by atoms with Gasteiger partial charge in [0.1, 0.15) is 0 Å². The van der Waals surface area contributed by atoms with Crippen molar-refractivity contribution in [3.05, 3.63) is 29.8 Å². The predicted molar refractivity (Wildman–Crippen MR) is 84.7 cm³/mol. The molecule has 0 saturated heterocycles. The first-order chi connectivity index (χ1) is 10.2. The zero-order valence-corrected chi connectivity index (χ0v) is 12.6. The highest BCUT2D eigenvalue weighted by molar-refractivity contribution is 5.93. The molecule has 4 nitrogen and oxygen atoms in total. The van der Waals surface area contributed by atoms with Gasteiger partial charge in [0.15, 0.2) is 0 Å². The van der Waals surface area contributed by atoms with Gasteiger partial charge in [-0.05, 0) is 55.3 Å². The van der Waals surface area contributed by atoms with Crippen molar-refractivity contribution >= 4 is 11.6 Å². The molecule has 3 rings (SSSR count). The van der Waals surface area contributed by atoms with E-state index in [2.05, 4.69) is 23.6 Å². The smallest absolute Gasteiger partial charge is 0.229 e. The molecular weight excluding hydrogens is 262 g/mol. The summed E-state index contributed by atoms with van der Waals surface area (Å²) in [5, 5.41) is 6.37. The van der Waals surface area contributed by atoms with Crippen LogP contribution in [0.1, 0.15) is 31.7 Å². The van der Waals surface area contributed by atoms with Gasteiger partial charge in [-0.25, -0.2) is 0 Å². The standard InChI is InChI=1S/C17H25N3O/c1-2-19-10-11-4-3-5-14(8-11)20-17(21)15-12-6-7-13(9-12)16(15)18/h3-5,8,12-13,15-16,19H,2,6-7,9-10,18H2,1H3,(H,20,21). The Morgan fingerprint density at radius 3 is 2.86 bits per heavy atom. The van der Waals surface area contributed by atoms with Crippen molar-refractivity contribution in [3.8, 4) is 0 Å². The molecule has 114 valence electrons. The van der Waals surface area contributed by atoms with Gasteiger partial charge in [0.05, 0.1) is 5.92 Å². The molecule has 2 aliphatic rings. The van der Waals surface area contributed by atoms with Gasteiger partial charge in [-0.15, -0.1) is 0 Å². The number of carbonyl (C=O) groups is 1. The van der Waals surface area contributed by atoms with Crippen molar-refractivity contribution in [2.45, 2.75) is 38.8 Å². The summed E-state index contributed by atoms with van der Waals surface area (Å²) >= 11 is 0. The van der Waals surface area contributed by atoms with Gasteiger partial charge in [0.25, 0.3) is 0 Å². The van der Waals surface area contributed by atoms with Crippen molar-refractivity contribution in [2.75, 3.05) is 11.9 Å². The highest BCUT2D eigenvalue weighted by Crippen LogP contribution is 2.47. The summed E-state index contributed by atoms with van der Waals surface area (Å²) in [5.41, 5.74) is 8.31. The summed E-state index contributed by atoms with van der Waals surface area (Å²) in [6, 6.07) is 8.10. The quantitative estimate of drug-likeness (QED) is 0.777. The van der Waals surface area contributed by atoms with Crippen molar-refractivity contribution in [1.82, 2.24) is 5.32 Å². The zero-order chi connectivity index (χ0) is 14.8. The fourth-order valence-electron chi connectivity index (χ4n) is 3.98. The van der Waals surface area contributed by atoms with E-state index in [1.54, 1.807) is 0 Å². The molecule has 2 bridgehead atoms. The van der Waals surface area contributed by atoms with Gasteiger partial charge in [-0.1, -0.05) is 19.1 Å². The zero-order valence-electron chi connectivity index (χ0n) is 12.6. The van der Waals surface area contributed by atoms with Crippen LogP contribution < -0.4 is 16.4 Å². The van der Waals surface area contributed by atoms with E-state index in [4.69, 9.17) is 5.73 Å². The third-order valence-corrected chi connectivity index (χ3v) is 5.06. The Kier molecular flexibility index (Phi) is 4.27. The first-order valence-electron chi connectivity index (χ1n) is 8.05. The number of nitrogens with one attached hydrogen (secondary N) is 2. The normalized spacial score (nSPS) is 30.6. The van der Waals surface area contributed by atoms with Crippen molar-refractivity contribution in [1.29, 1.82) is 0 Å². The summed E-state index contributed by atoms with van der Waals surface area (Å²) in [6.45, 7) is 3.85. The van der Waals surface area contributed by atoms with Gasteiger partial charge in [-0.3, -0.25) is 4.79 Å². The molecule has 0 aliphatic heterocycles. The number of carbonyl (C=O) groups excluding carboxylic acids is 1. The Balaban J connectivity index is 1.65. The second-order valence-electron chi connectivity index (χ2n) is 6.41. The number of rotatable bonds is 5. The molecule has 21 heavy (non-hydrogen) atoms. The van der Waals surface area contributed by atoms with E-state index in [1.807, 2.05) is 18.2 Å². The number of hydrogen-bond acceptors (Lipinski definition) is 3. The molecular formula is C17H25N3O. The van der Waals surface area contributed by atoms with Gasteiger partial charge in [-0.2, -0.15) is 0 Å². The van der Waals surface area contributed by atoms with Gasteiger partial charge >= 0.3 is 0 Å². The second kappa shape index (κ2) is 6.16. The molecule has 0 spiro atoms. The van der Waals surface area contributed by atoms with E-state index in [0.717, 1.165) is 31.6 Å². The molecule has 4 N–H and O–H groups in total. The molecule has 2 aliphatic carbocycles. The van der Waals surface area contributed by atoms with Crippen molar-refractivity contribution < 1.29 is 4.79 Å². The lowest BCUT2D eigenvalue weighted by Gasteiger charge is -2.27. The fourth-order valence-corrected chi connectivity index (χ4v) is 3.98. The monoisotopic (exact) mass is 287 g/mol. The van der Waals surface area contributed by atoms with Crippen LogP contribution in [-0.2, 0) is 11.3 Å². The van der Waals surface area contributed by atoms with E-state index in [9.17, 15) is 4.79 Å². The molecule has 4 unspecified atom stereocenters. The fraction of sp³-hybridized carbons (Fsp3) is 0.588. The lowest BCUT2D eigenvalue weighted by Crippen LogP contribution is -2.42. The highest BCUT2D eigenvalue weighted by atomic mass is 16.2. The number of benzene rings is 1. The molecule has 1 aromatic rings. The Hall–Kier alpha value is -1.39.